The molecule has 4 N–H and O–H groups in total. The van der Waals surface area contributed by atoms with Gasteiger partial charge in [0.25, 0.3) is 0 Å². The first-order valence-electron chi connectivity index (χ1n) is 4.91. The van der Waals surface area contributed by atoms with Crippen LogP contribution in [-0.2, 0) is 6.42 Å². The van der Waals surface area contributed by atoms with Crippen molar-refractivity contribution in [2.24, 2.45) is 17.4 Å². The lowest BCUT2D eigenvalue weighted by Crippen LogP contribution is -2.23. The van der Waals surface area contributed by atoms with Crippen molar-refractivity contribution in [3.05, 3.63) is 34.9 Å². The topological polar surface area (TPSA) is 52.0 Å². The van der Waals surface area contributed by atoms with Gasteiger partial charge in [0.15, 0.2) is 0 Å². The number of aryl methyl sites for hydroxylation is 1. The van der Waals surface area contributed by atoms with E-state index in [1.807, 2.05) is 24.3 Å². The molecule has 0 spiro atoms. The highest BCUT2D eigenvalue weighted by molar-refractivity contribution is 6.31. The van der Waals surface area contributed by atoms with Crippen LogP contribution in [0.5, 0.6) is 0 Å². The second-order valence-corrected chi connectivity index (χ2v) is 3.87. The van der Waals surface area contributed by atoms with Crippen LogP contribution in [-0.4, -0.2) is 13.1 Å². The van der Waals surface area contributed by atoms with Crippen LogP contribution in [0.1, 0.15) is 12.0 Å². The quantitative estimate of drug-likeness (QED) is 0.782. The average Bonchev–Trinajstić information content (AvgIpc) is 2.22. The molecule has 0 aromatic heterocycles. The molecule has 0 aliphatic rings. The lowest BCUT2D eigenvalue weighted by molar-refractivity contribution is 0.508. The van der Waals surface area contributed by atoms with E-state index in [0.717, 1.165) is 17.9 Å². The molecule has 0 saturated heterocycles. The molecule has 14 heavy (non-hydrogen) atoms. The van der Waals surface area contributed by atoms with Crippen LogP contribution in [0.15, 0.2) is 24.3 Å². The summed E-state index contributed by atoms with van der Waals surface area (Å²) in [5.41, 5.74) is 12.3. The molecule has 0 aliphatic heterocycles. The molecule has 0 radical (unpaired) electrons. The maximum Gasteiger partial charge on any atom is 0.0437 e. The maximum absolute atomic E-state index is 6.03. The molecule has 0 fully saturated rings. The molecule has 0 aliphatic carbocycles. The first-order chi connectivity index (χ1) is 6.77. The Hall–Kier alpha value is -0.570. The maximum atomic E-state index is 6.03. The molecule has 78 valence electrons. The van der Waals surface area contributed by atoms with Crippen LogP contribution in [0.3, 0.4) is 0 Å². The van der Waals surface area contributed by atoms with Crippen molar-refractivity contribution in [3.63, 3.8) is 0 Å². The van der Waals surface area contributed by atoms with E-state index < -0.39 is 0 Å². The summed E-state index contributed by atoms with van der Waals surface area (Å²) in [4.78, 5) is 0. The number of rotatable bonds is 5. The van der Waals surface area contributed by atoms with Crippen molar-refractivity contribution in [1.29, 1.82) is 0 Å². The van der Waals surface area contributed by atoms with Gasteiger partial charge in [0.05, 0.1) is 0 Å². The van der Waals surface area contributed by atoms with E-state index in [-0.39, 0.29) is 0 Å². The number of halogens is 1. The number of nitrogens with two attached hydrogens (primary N) is 2. The third kappa shape index (κ3) is 3.29. The summed E-state index contributed by atoms with van der Waals surface area (Å²) in [6, 6.07) is 7.90. The second kappa shape index (κ2) is 6.02. The number of hydrogen-bond donors (Lipinski definition) is 2. The van der Waals surface area contributed by atoms with Gasteiger partial charge in [-0.2, -0.15) is 0 Å². The minimum absolute atomic E-state index is 0.409. The monoisotopic (exact) mass is 212 g/mol. The third-order valence-electron chi connectivity index (χ3n) is 2.45. The largest absolute Gasteiger partial charge is 0.330 e. The summed E-state index contributed by atoms with van der Waals surface area (Å²) in [5.74, 6) is 0.409. The lowest BCUT2D eigenvalue weighted by atomic mass is 10.00. The zero-order valence-corrected chi connectivity index (χ0v) is 9.00. The van der Waals surface area contributed by atoms with E-state index in [4.69, 9.17) is 23.1 Å². The van der Waals surface area contributed by atoms with Gasteiger partial charge in [-0.25, -0.2) is 0 Å². The molecule has 0 bridgehead atoms. The van der Waals surface area contributed by atoms with Gasteiger partial charge in [-0.1, -0.05) is 29.8 Å². The van der Waals surface area contributed by atoms with E-state index in [0.29, 0.717) is 19.0 Å². The van der Waals surface area contributed by atoms with Crippen LogP contribution in [0.2, 0.25) is 5.02 Å². The van der Waals surface area contributed by atoms with Crippen LogP contribution in [0.4, 0.5) is 0 Å². The Kier molecular flexibility index (Phi) is 4.94. The van der Waals surface area contributed by atoms with Gasteiger partial charge in [0.1, 0.15) is 0 Å². The first kappa shape index (κ1) is 11.5. The van der Waals surface area contributed by atoms with E-state index in [2.05, 4.69) is 0 Å². The molecule has 0 heterocycles. The standard InChI is InChI=1S/C11H17ClN2/c12-11-4-2-1-3-10(11)6-5-9(7-13)8-14/h1-4,9H,5-8,13-14H2. The van der Waals surface area contributed by atoms with Crippen molar-refractivity contribution in [2.75, 3.05) is 13.1 Å². The fourth-order valence-electron chi connectivity index (χ4n) is 1.39. The fraction of sp³-hybridized carbons (Fsp3) is 0.455. The lowest BCUT2D eigenvalue weighted by Gasteiger charge is -2.11. The zero-order chi connectivity index (χ0) is 10.4. The highest BCUT2D eigenvalue weighted by atomic mass is 35.5. The summed E-state index contributed by atoms with van der Waals surface area (Å²) in [6.07, 6.45) is 1.97. The van der Waals surface area contributed by atoms with Gasteiger partial charge in [0.2, 0.25) is 0 Å². The fourth-order valence-corrected chi connectivity index (χ4v) is 1.62. The Morgan fingerprint density at radius 1 is 1.14 bits per heavy atom. The Morgan fingerprint density at radius 2 is 1.79 bits per heavy atom. The predicted molar refractivity (Wildman–Crippen MR) is 61.4 cm³/mol. The van der Waals surface area contributed by atoms with Crippen molar-refractivity contribution >= 4 is 11.6 Å². The van der Waals surface area contributed by atoms with Gasteiger partial charge in [-0.3, -0.25) is 0 Å². The second-order valence-electron chi connectivity index (χ2n) is 3.47. The van der Waals surface area contributed by atoms with Gasteiger partial charge >= 0.3 is 0 Å². The van der Waals surface area contributed by atoms with Gasteiger partial charge in [-0.15, -0.1) is 0 Å². The first-order valence-corrected chi connectivity index (χ1v) is 5.29. The Bertz CT molecular complexity index is 272. The highest BCUT2D eigenvalue weighted by Gasteiger charge is 2.05. The average molecular weight is 213 g/mol. The molecule has 0 amide bonds. The van der Waals surface area contributed by atoms with E-state index in [9.17, 15) is 0 Å². The minimum Gasteiger partial charge on any atom is -0.330 e. The molecule has 1 aromatic carbocycles. The summed E-state index contributed by atoms with van der Waals surface area (Å²) in [5, 5.41) is 0.834. The molecule has 0 unspecified atom stereocenters. The summed E-state index contributed by atoms with van der Waals surface area (Å²) >= 11 is 6.03. The van der Waals surface area contributed by atoms with Crippen molar-refractivity contribution in [1.82, 2.24) is 0 Å². The summed E-state index contributed by atoms with van der Waals surface area (Å²) in [6.45, 7) is 1.31. The summed E-state index contributed by atoms with van der Waals surface area (Å²) in [7, 11) is 0. The molecule has 0 saturated carbocycles. The Balaban J connectivity index is 2.49. The molecule has 2 nitrogen and oxygen atoms in total. The normalized spacial score (nSPS) is 10.9. The molecule has 1 rings (SSSR count). The molecule has 0 atom stereocenters. The van der Waals surface area contributed by atoms with Crippen LogP contribution in [0, 0.1) is 5.92 Å². The number of hydrogen-bond acceptors (Lipinski definition) is 2. The SMILES string of the molecule is NCC(CN)CCc1ccccc1Cl. The smallest absolute Gasteiger partial charge is 0.0437 e. The van der Waals surface area contributed by atoms with E-state index >= 15 is 0 Å². The van der Waals surface area contributed by atoms with Crippen molar-refractivity contribution in [2.45, 2.75) is 12.8 Å². The molecular weight excluding hydrogens is 196 g/mol. The van der Waals surface area contributed by atoms with Crippen LogP contribution in [0.25, 0.3) is 0 Å². The highest BCUT2D eigenvalue weighted by Crippen LogP contribution is 2.18. The summed E-state index contributed by atoms with van der Waals surface area (Å²) < 4.78 is 0. The molecular formula is C11H17ClN2. The predicted octanol–water partition coefficient (Wildman–Crippen LogP) is 1.81. The minimum atomic E-state index is 0.409. The van der Waals surface area contributed by atoms with Crippen molar-refractivity contribution < 1.29 is 0 Å². The number of benzene rings is 1. The third-order valence-corrected chi connectivity index (χ3v) is 2.82. The van der Waals surface area contributed by atoms with Gasteiger partial charge in [-0.05, 0) is 43.5 Å². The molecule has 3 heteroatoms. The Labute approximate surface area is 90.2 Å². The van der Waals surface area contributed by atoms with Crippen LogP contribution < -0.4 is 11.5 Å². The van der Waals surface area contributed by atoms with Crippen molar-refractivity contribution in [3.8, 4) is 0 Å². The van der Waals surface area contributed by atoms with E-state index in [1.165, 1.54) is 5.56 Å². The Morgan fingerprint density at radius 3 is 2.36 bits per heavy atom. The van der Waals surface area contributed by atoms with E-state index in [1.54, 1.807) is 0 Å². The molecule has 1 aromatic rings. The van der Waals surface area contributed by atoms with Crippen LogP contribution >= 0.6 is 11.6 Å². The zero-order valence-electron chi connectivity index (χ0n) is 8.25. The van der Waals surface area contributed by atoms with Gasteiger partial charge < -0.3 is 11.5 Å². The van der Waals surface area contributed by atoms with Gasteiger partial charge in [0, 0.05) is 5.02 Å².